The first-order valence-corrected chi connectivity index (χ1v) is 9.69. The van der Waals surface area contributed by atoms with Gasteiger partial charge in [-0.15, -0.1) is 13.2 Å². The fraction of sp³-hybridized carbons (Fsp3) is 0.286. The second-order valence-electron chi connectivity index (χ2n) is 7.47. The number of rotatable bonds is 5. The molecule has 12 heteroatoms. The van der Waals surface area contributed by atoms with Crippen molar-refractivity contribution in [1.29, 1.82) is 5.26 Å². The summed E-state index contributed by atoms with van der Waals surface area (Å²) in [5.41, 5.74) is 0.494. The average molecular weight is 458 g/mol. The van der Waals surface area contributed by atoms with Crippen LogP contribution in [-0.2, 0) is 17.3 Å². The molecular weight excluding hydrogens is 441 g/mol. The summed E-state index contributed by atoms with van der Waals surface area (Å²) in [4.78, 5) is 26.9. The molecule has 0 aliphatic carbocycles. The van der Waals surface area contributed by atoms with Gasteiger partial charge in [0.2, 0.25) is 5.91 Å². The Labute approximate surface area is 185 Å². The molecule has 4 rings (SSSR count). The Hall–Kier alpha value is -3.98. The predicted octanol–water partition coefficient (Wildman–Crippen LogP) is 2.08. The van der Waals surface area contributed by atoms with Crippen LogP contribution >= 0.6 is 0 Å². The monoisotopic (exact) mass is 458 g/mol. The van der Waals surface area contributed by atoms with E-state index in [0.29, 0.717) is 22.4 Å². The number of aliphatic hydroxyl groups is 1. The summed E-state index contributed by atoms with van der Waals surface area (Å²) in [5.74, 6) is -0.547. The molecule has 1 aliphatic rings. The van der Waals surface area contributed by atoms with Gasteiger partial charge in [-0.05, 0) is 24.3 Å². The number of halogens is 3. The van der Waals surface area contributed by atoms with Gasteiger partial charge in [0.15, 0.2) is 16.9 Å². The van der Waals surface area contributed by atoms with Crippen molar-refractivity contribution >= 4 is 17.1 Å². The van der Waals surface area contributed by atoms with Crippen LogP contribution in [0.5, 0.6) is 5.75 Å². The van der Waals surface area contributed by atoms with E-state index in [1.165, 1.54) is 35.5 Å². The standard InChI is InChI=1S/C21H17F3N6O3/c1-29-12-26-17-16(13-4-6-14(7-5-13)33-21(22,23)24)27-19(28-18(17)29)20(9-25)10-30(11-20)15(32)3-2-8-31/h2-7,12,31H,8,10-11H2,1H3. The number of alkyl halides is 3. The van der Waals surface area contributed by atoms with Gasteiger partial charge in [0, 0.05) is 31.8 Å². The minimum absolute atomic E-state index is 0.0548. The molecule has 0 unspecified atom stereocenters. The number of imidazole rings is 1. The van der Waals surface area contributed by atoms with Crippen LogP contribution in [0, 0.1) is 11.3 Å². The summed E-state index contributed by atoms with van der Waals surface area (Å²) in [7, 11) is 1.71. The molecule has 1 saturated heterocycles. The van der Waals surface area contributed by atoms with Gasteiger partial charge in [-0.3, -0.25) is 4.79 Å². The van der Waals surface area contributed by atoms with Gasteiger partial charge in [-0.25, -0.2) is 15.0 Å². The van der Waals surface area contributed by atoms with Crippen LogP contribution in [-0.4, -0.2) is 61.5 Å². The number of hydrogen-bond donors (Lipinski definition) is 1. The summed E-state index contributed by atoms with van der Waals surface area (Å²) in [5, 5.41) is 18.7. The molecule has 0 spiro atoms. The number of carbonyl (C=O) groups excluding carboxylic acids is 1. The maximum Gasteiger partial charge on any atom is 0.573 e. The zero-order chi connectivity index (χ0) is 23.8. The lowest BCUT2D eigenvalue weighted by Gasteiger charge is -2.43. The quantitative estimate of drug-likeness (QED) is 0.582. The van der Waals surface area contributed by atoms with Crippen LogP contribution in [0.1, 0.15) is 5.82 Å². The second kappa shape index (κ2) is 8.18. The molecular formula is C21H17F3N6O3. The third-order valence-electron chi connectivity index (χ3n) is 5.16. The van der Waals surface area contributed by atoms with Crippen molar-refractivity contribution in [3.05, 3.63) is 48.6 Å². The van der Waals surface area contributed by atoms with Crippen LogP contribution in [0.4, 0.5) is 13.2 Å². The van der Waals surface area contributed by atoms with E-state index in [1.54, 1.807) is 11.6 Å². The van der Waals surface area contributed by atoms with E-state index in [1.807, 2.05) is 0 Å². The van der Waals surface area contributed by atoms with Crippen LogP contribution in [0.2, 0.25) is 0 Å². The van der Waals surface area contributed by atoms with E-state index in [0.717, 1.165) is 12.1 Å². The van der Waals surface area contributed by atoms with E-state index in [-0.39, 0.29) is 37.2 Å². The van der Waals surface area contributed by atoms with E-state index in [9.17, 15) is 23.2 Å². The van der Waals surface area contributed by atoms with Gasteiger partial charge in [0.25, 0.3) is 0 Å². The highest BCUT2D eigenvalue weighted by molar-refractivity contribution is 5.89. The van der Waals surface area contributed by atoms with Crippen LogP contribution in [0.15, 0.2) is 42.7 Å². The smallest absolute Gasteiger partial charge is 0.406 e. The van der Waals surface area contributed by atoms with Crippen molar-refractivity contribution in [3.8, 4) is 23.1 Å². The molecule has 1 aromatic carbocycles. The normalized spacial score (nSPS) is 15.5. The van der Waals surface area contributed by atoms with Gasteiger partial charge in [0.1, 0.15) is 17.0 Å². The second-order valence-corrected chi connectivity index (χ2v) is 7.47. The summed E-state index contributed by atoms with van der Waals surface area (Å²) >= 11 is 0. The van der Waals surface area contributed by atoms with E-state index >= 15 is 0 Å². The molecule has 1 aliphatic heterocycles. The Morgan fingerprint density at radius 2 is 2.00 bits per heavy atom. The number of hydrogen-bond acceptors (Lipinski definition) is 7. The first-order chi connectivity index (χ1) is 15.7. The van der Waals surface area contributed by atoms with Crippen molar-refractivity contribution in [2.45, 2.75) is 11.8 Å². The van der Waals surface area contributed by atoms with Crippen molar-refractivity contribution in [2.75, 3.05) is 19.7 Å². The molecule has 33 heavy (non-hydrogen) atoms. The number of nitriles is 1. The molecule has 1 fully saturated rings. The fourth-order valence-electron chi connectivity index (χ4n) is 3.52. The number of aliphatic hydroxyl groups excluding tert-OH is 1. The molecule has 0 bridgehead atoms. The van der Waals surface area contributed by atoms with Gasteiger partial charge in [-0.1, -0.05) is 6.08 Å². The predicted molar refractivity (Wildman–Crippen MR) is 109 cm³/mol. The Morgan fingerprint density at radius 1 is 1.30 bits per heavy atom. The lowest BCUT2D eigenvalue weighted by atomic mass is 9.80. The molecule has 170 valence electrons. The number of nitrogens with zero attached hydrogens (tertiary/aromatic N) is 6. The Kier molecular flexibility index (Phi) is 5.51. The van der Waals surface area contributed by atoms with Crippen molar-refractivity contribution in [2.24, 2.45) is 7.05 Å². The van der Waals surface area contributed by atoms with Crippen molar-refractivity contribution in [1.82, 2.24) is 24.4 Å². The fourth-order valence-corrected chi connectivity index (χ4v) is 3.52. The van der Waals surface area contributed by atoms with E-state index in [4.69, 9.17) is 5.11 Å². The summed E-state index contributed by atoms with van der Waals surface area (Å²) in [6, 6.07) is 7.35. The van der Waals surface area contributed by atoms with Gasteiger partial charge in [-0.2, -0.15) is 5.26 Å². The zero-order valence-corrected chi connectivity index (χ0v) is 17.2. The lowest BCUT2D eigenvalue weighted by molar-refractivity contribution is -0.274. The van der Waals surface area contributed by atoms with Crippen LogP contribution in [0.25, 0.3) is 22.4 Å². The van der Waals surface area contributed by atoms with Gasteiger partial charge < -0.3 is 19.3 Å². The summed E-state index contributed by atoms with van der Waals surface area (Å²) < 4.78 is 43.0. The minimum atomic E-state index is -4.81. The maximum absolute atomic E-state index is 12.5. The number of aryl methyl sites for hydroxylation is 1. The number of carbonyl (C=O) groups is 1. The lowest BCUT2D eigenvalue weighted by Crippen LogP contribution is -2.61. The number of fused-ring (bicyclic) bond motifs is 1. The first-order valence-electron chi connectivity index (χ1n) is 9.69. The highest BCUT2D eigenvalue weighted by atomic mass is 19.4. The minimum Gasteiger partial charge on any atom is -0.406 e. The number of amides is 1. The SMILES string of the molecule is Cn1cnc2c(-c3ccc(OC(F)(F)F)cc3)nc(C3(C#N)CN(C(=O)C=CCO)C3)nc21. The highest BCUT2D eigenvalue weighted by Crippen LogP contribution is 2.36. The van der Waals surface area contributed by atoms with E-state index < -0.39 is 11.8 Å². The average Bonchev–Trinajstić information content (AvgIpc) is 3.12. The molecule has 0 saturated carbocycles. The number of aromatic nitrogens is 4. The third kappa shape index (κ3) is 4.22. The first kappa shape index (κ1) is 22.2. The van der Waals surface area contributed by atoms with Crippen LogP contribution in [0.3, 0.4) is 0 Å². The van der Waals surface area contributed by atoms with Crippen molar-refractivity contribution < 1.29 is 27.8 Å². The van der Waals surface area contributed by atoms with Crippen molar-refractivity contribution in [3.63, 3.8) is 0 Å². The molecule has 0 radical (unpaired) electrons. The third-order valence-corrected chi connectivity index (χ3v) is 5.16. The molecule has 2 aromatic heterocycles. The number of benzene rings is 1. The Bertz CT molecular complexity index is 1270. The largest absolute Gasteiger partial charge is 0.573 e. The molecule has 3 aromatic rings. The Morgan fingerprint density at radius 3 is 2.61 bits per heavy atom. The molecule has 9 nitrogen and oxygen atoms in total. The van der Waals surface area contributed by atoms with Gasteiger partial charge in [0.05, 0.1) is 19.0 Å². The van der Waals surface area contributed by atoms with E-state index in [2.05, 4.69) is 25.8 Å². The maximum atomic E-state index is 12.5. The zero-order valence-electron chi connectivity index (χ0n) is 17.2. The molecule has 0 atom stereocenters. The van der Waals surface area contributed by atoms with Gasteiger partial charge >= 0.3 is 6.36 Å². The summed E-state index contributed by atoms with van der Waals surface area (Å²) in [6.07, 6.45) is -0.764. The number of ether oxygens (including phenoxy) is 1. The molecule has 3 heterocycles. The highest BCUT2D eigenvalue weighted by Gasteiger charge is 2.49. The molecule has 1 N–H and O–H groups in total. The summed E-state index contributed by atoms with van der Waals surface area (Å²) in [6.45, 7) is -0.169. The van der Waals surface area contributed by atoms with Crippen LogP contribution < -0.4 is 4.74 Å². The topological polar surface area (TPSA) is 117 Å². The Balaban J connectivity index is 1.72. The molecule has 1 amide bonds. The number of likely N-dealkylation sites (tertiary alicyclic amines) is 1.